The van der Waals surface area contributed by atoms with E-state index in [1.807, 2.05) is 41.3 Å². The summed E-state index contributed by atoms with van der Waals surface area (Å²) >= 11 is 0. The first-order chi connectivity index (χ1) is 14.8. The van der Waals surface area contributed by atoms with Crippen LogP contribution in [0.25, 0.3) is 11.1 Å². The van der Waals surface area contributed by atoms with Gasteiger partial charge < -0.3 is 10.0 Å². The Balaban J connectivity index is 0.000000339. The van der Waals surface area contributed by atoms with E-state index in [0.29, 0.717) is 18.7 Å². The van der Waals surface area contributed by atoms with Gasteiger partial charge in [0.15, 0.2) is 0 Å². The highest BCUT2D eigenvalue weighted by molar-refractivity contribution is 6.03. The van der Waals surface area contributed by atoms with Gasteiger partial charge in [0.2, 0.25) is 0 Å². The molecule has 0 saturated carbocycles. The number of pyridine rings is 3. The minimum absolute atomic E-state index is 0.0424. The van der Waals surface area contributed by atoms with Crippen molar-refractivity contribution in [2.24, 2.45) is 0 Å². The maximum absolute atomic E-state index is 12.9. The fourth-order valence-corrected chi connectivity index (χ4v) is 3.02. The van der Waals surface area contributed by atoms with E-state index in [2.05, 4.69) is 15.0 Å². The number of aromatic nitrogens is 3. The van der Waals surface area contributed by atoms with Crippen LogP contribution in [0.4, 0.5) is 13.2 Å². The molecule has 7 nitrogen and oxygen atoms in total. The molecule has 0 atom stereocenters. The topological polar surface area (TPSA) is 96.3 Å². The summed E-state index contributed by atoms with van der Waals surface area (Å²) in [6, 6.07) is 11.6. The maximum atomic E-state index is 12.9. The smallest absolute Gasteiger partial charge is 0.475 e. The Bertz CT molecular complexity index is 1060. The van der Waals surface area contributed by atoms with Crippen molar-refractivity contribution < 1.29 is 27.9 Å². The van der Waals surface area contributed by atoms with Crippen LogP contribution >= 0.6 is 0 Å². The molecule has 0 saturated heterocycles. The van der Waals surface area contributed by atoms with Crippen molar-refractivity contribution in [3.8, 4) is 11.1 Å². The second kappa shape index (κ2) is 9.33. The predicted octanol–water partition coefficient (Wildman–Crippen LogP) is 3.37. The first-order valence-electron chi connectivity index (χ1n) is 9.15. The van der Waals surface area contributed by atoms with Gasteiger partial charge in [0, 0.05) is 43.4 Å². The van der Waals surface area contributed by atoms with Gasteiger partial charge in [-0.05, 0) is 41.5 Å². The zero-order valence-corrected chi connectivity index (χ0v) is 16.1. The van der Waals surface area contributed by atoms with Crippen molar-refractivity contribution in [3.05, 3.63) is 78.1 Å². The largest absolute Gasteiger partial charge is 0.490 e. The number of aliphatic carboxylic acids is 1. The lowest BCUT2D eigenvalue weighted by Crippen LogP contribution is -2.26. The number of hydrogen-bond donors (Lipinski definition) is 1. The van der Waals surface area contributed by atoms with Gasteiger partial charge in [-0.15, -0.1) is 0 Å². The van der Waals surface area contributed by atoms with Gasteiger partial charge in [0.05, 0.1) is 17.8 Å². The summed E-state index contributed by atoms with van der Waals surface area (Å²) in [5.41, 5.74) is 4.46. The molecule has 0 aliphatic carbocycles. The highest BCUT2D eigenvalue weighted by atomic mass is 19.4. The molecule has 4 rings (SSSR count). The lowest BCUT2D eigenvalue weighted by atomic mass is 10.0. The average Bonchev–Trinajstić information content (AvgIpc) is 3.09. The molecule has 10 heteroatoms. The molecule has 1 aliphatic rings. The lowest BCUT2D eigenvalue weighted by Gasteiger charge is -2.15. The Morgan fingerprint density at radius 1 is 1.03 bits per heavy atom. The van der Waals surface area contributed by atoms with Gasteiger partial charge in [-0.1, -0.05) is 6.07 Å². The number of carboxylic acids is 1. The van der Waals surface area contributed by atoms with Gasteiger partial charge in [0.1, 0.15) is 0 Å². The summed E-state index contributed by atoms with van der Waals surface area (Å²) < 4.78 is 31.7. The van der Waals surface area contributed by atoms with E-state index in [1.165, 1.54) is 0 Å². The summed E-state index contributed by atoms with van der Waals surface area (Å²) in [5.74, 6) is -2.71. The van der Waals surface area contributed by atoms with Crippen LogP contribution in [0.1, 0.15) is 21.7 Å². The molecule has 0 aromatic carbocycles. The number of carboxylic acid groups (broad SMARTS) is 1. The van der Waals surface area contributed by atoms with Gasteiger partial charge in [-0.3, -0.25) is 19.7 Å². The van der Waals surface area contributed by atoms with E-state index in [1.54, 1.807) is 24.8 Å². The van der Waals surface area contributed by atoms with Crippen molar-refractivity contribution in [1.29, 1.82) is 0 Å². The van der Waals surface area contributed by atoms with E-state index in [4.69, 9.17) is 9.90 Å². The Kier molecular flexibility index (Phi) is 6.58. The first kappa shape index (κ1) is 21.9. The number of halogens is 3. The molecule has 4 heterocycles. The molecule has 0 unspecified atom stereocenters. The van der Waals surface area contributed by atoms with Crippen molar-refractivity contribution in [2.75, 3.05) is 6.54 Å². The summed E-state index contributed by atoms with van der Waals surface area (Å²) in [7, 11) is 0. The van der Waals surface area contributed by atoms with Crippen LogP contribution in [0.2, 0.25) is 0 Å². The molecule has 1 aliphatic heterocycles. The number of carbonyl (C=O) groups excluding carboxylic acids is 1. The van der Waals surface area contributed by atoms with E-state index >= 15 is 0 Å². The first-order valence-corrected chi connectivity index (χ1v) is 9.15. The molecule has 31 heavy (non-hydrogen) atoms. The second-order valence-corrected chi connectivity index (χ2v) is 6.52. The van der Waals surface area contributed by atoms with Crippen LogP contribution < -0.4 is 0 Å². The standard InChI is InChI=1S/C19H16N4O.C2HF3O2/c24-19-18-16(14-4-9-20-10-5-14)6-11-22-17(18)13-23(19)12-7-15-3-1-2-8-21-15;3-2(4,5)1(6)7/h1-6,8-11H,7,12-13H2;(H,6,7). The van der Waals surface area contributed by atoms with Gasteiger partial charge in [-0.2, -0.15) is 13.2 Å². The normalized spacial score (nSPS) is 12.7. The molecular formula is C21H17F3N4O3. The molecular weight excluding hydrogens is 413 g/mol. The van der Waals surface area contributed by atoms with E-state index in [-0.39, 0.29) is 5.91 Å². The van der Waals surface area contributed by atoms with Gasteiger partial charge >= 0.3 is 12.1 Å². The molecule has 3 aromatic rings. The van der Waals surface area contributed by atoms with Crippen LogP contribution in [-0.2, 0) is 17.8 Å². The highest BCUT2D eigenvalue weighted by Gasteiger charge is 2.38. The van der Waals surface area contributed by atoms with Gasteiger partial charge in [0.25, 0.3) is 5.91 Å². The number of amides is 1. The number of rotatable bonds is 4. The lowest BCUT2D eigenvalue weighted by molar-refractivity contribution is -0.192. The van der Waals surface area contributed by atoms with Crippen LogP contribution in [0, 0.1) is 0 Å². The van der Waals surface area contributed by atoms with Crippen molar-refractivity contribution >= 4 is 11.9 Å². The fraction of sp³-hybridized carbons (Fsp3) is 0.190. The van der Waals surface area contributed by atoms with Gasteiger partial charge in [-0.25, -0.2) is 4.79 Å². The number of nitrogens with zero attached hydrogens (tertiary/aromatic N) is 4. The zero-order chi connectivity index (χ0) is 22.4. The molecule has 0 fully saturated rings. The highest BCUT2D eigenvalue weighted by Crippen LogP contribution is 2.31. The molecule has 0 spiro atoms. The number of fused-ring (bicyclic) bond motifs is 1. The van der Waals surface area contributed by atoms with Crippen LogP contribution in [-0.4, -0.2) is 49.6 Å². The summed E-state index contributed by atoms with van der Waals surface area (Å²) in [4.78, 5) is 36.4. The number of carbonyl (C=O) groups is 2. The van der Waals surface area contributed by atoms with Crippen LogP contribution in [0.3, 0.4) is 0 Å². The molecule has 1 N–H and O–H groups in total. The SMILES string of the molecule is O=C(O)C(F)(F)F.O=C1c2c(-c3ccncc3)ccnc2CN1CCc1ccccn1. The van der Waals surface area contributed by atoms with Crippen LogP contribution in [0.15, 0.2) is 61.2 Å². The minimum Gasteiger partial charge on any atom is -0.475 e. The van der Waals surface area contributed by atoms with E-state index in [0.717, 1.165) is 28.9 Å². The average molecular weight is 430 g/mol. The summed E-state index contributed by atoms with van der Waals surface area (Å²) in [5, 5.41) is 7.12. The fourth-order valence-electron chi connectivity index (χ4n) is 3.02. The third-order valence-electron chi connectivity index (χ3n) is 4.47. The Hall–Kier alpha value is -3.82. The minimum atomic E-state index is -5.08. The Morgan fingerprint density at radius 3 is 2.35 bits per heavy atom. The third kappa shape index (κ3) is 5.41. The van der Waals surface area contributed by atoms with E-state index in [9.17, 15) is 18.0 Å². The molecule has 3 aromatic heterocycles. The maximum Gasteiger partial charge on any atom is 0.490 e. The number of alkyl halides is 3. The summed E-state index contributed by atoms with van der Waals surface area (Å²) in [6.07, 6.45) is 2.68. The molecule has 160 valence electrons. The zero-order valence-electron chi connectivity index (χ0n) is 16.1. The molecule has 0 bridgehead atoms. The Morgan fingerprint density at radius 2 is 1.74 bits per heavy atom. The second-order valence-electron chi connectivity index (χ2n) is 6.52. The molecule has 0 radical (unpaired) electrons. The third-order valence-corrected chi connectivity index (χ3v) is 4.47. The Labute approximate surface area is 175 Å². The van der Waals surface area contributed by atoms with Crippen molar-refractivity contribution in [3.63, 3.8) is 0 Å². The van der Waals surface area contributed by atoms with Crippen LogP contribution in [0.5, 0.6) is 0 Å². The van der Waals surface area contributed by atoms with E-state index < -0.39 is 12.1 Å². The quantitative estimate of drug-likeness (QED) is 0.682. The summed E-state index contributed by atoms with van der Waals surface area (Å²) in [6.45, 7) is 1.20. The molecule has 1 amide bonds. The number of hydrogen-bond acceptors (Lipinski definition) is 5. The van der Waals surface area contributed by atoms with Crippen molar-refractivity contribution in [2.45, 2.75) is 19.1 Å². The monoisotopic (exact) mass is 430 g/mol. The van der Waals surface area contributed by atoms with Crippen molar-refractivity contribution in [1.82, 2.24) is 19.9 Å². The predicted molar refractivity (Wildman–Crippen MR) is 104 cm³/mol.